The number of anilines is 1. The molecule has 0 unspecified atom stereocenters. The molecular formula is C8H11N3O4S. The van der Waals surface area contributed by atoms with E-state index in [2.05, 4.69) is 4.98 Å². The first-order chi connectivity index (χ1) is 7.26. The smallest absolute Gasteiger partial charge is 0.345 e. The summed E-state index contributed by atoms with van der Waals surface area (Å²) in [6, 6.07) is 0. The van der Waals surface area contributed by atoms with Gasteiger partial charge >= 0.3 is 11.0 Å². The molecule has 0 radical (unpaired) electrons. The van der Waals surface area contributed by atoms with Gasteiger partial charge in [0.1, 0.15) is 11.7 Å². The molecule has 0 saturated carbocycles. The fraction of sp³-hybridized carbons (Fsp3) is 0.500. The number of likely N-dealkylation sites (N-methyl/N-ethyl adjacent to an activating group) is 1. The maximum absolute atomic E-state index is 11.0. The predicted molar refractivity (Wildman–Crippen MR) is 58.9 cm³/mol. The van der Waals surface area contributed by atoms with Crippen molar-refractivity contribution < 1.29 is 14.8 Å². The molecule has 0 aromatic carbocycles. The molecule has 0 atom stereocenters. The van der Waals surface area contributed by atoms with E-state index in [1.807, 2.05) is 0 Å². The molecule has 88 valence electrons. The van der Waals surface area contributed by atoms with Gasteiger partial charge in [0.15, 0.2) is 5.13 Å². The zero-order valence-corrected chi connectivity index (χ0v) is 9.82. The topological polar surface area (TPSA) is 96.6 Å². The van der Waals surface area contributed by atoms with Crippen molar-refractivity contribution in [2.45, 2.75) is 19.4 Å². The summed E-state index contributed by atoms with van der Waals surface area (Å²) in [5, 5.41) is 19.6. The number of hydrogen-bond acceptors (Lipinski definition) is 6. The van der Waals surface area contributed by atoms with Crippen molar-refractivity contribution in [1.82, 2.24) is 4.98 Å². The van der Waals surface area contributed by atoms with E-state index < -0.39 is 16.4 Å². The van der Waals surface area contributed by atoms with Gasteiger partial charge in [-0.15, -0.1) is 0 Å². The summed E-state index contributed by atoms with van der Waals surface area (Å²) in [5.74, 6) is -1.02. The first-order valence-electron chi connectivity index (χ1n) is 4.34. The van der Waals surface area contributed by atoms with E-state index in [9.17, 15) is 14.9 Å². The molecule has 0 aliphatic rings. The molecule has 0 amide bonds. The standard InChI is InChI=1S/C8H11N3O4S/c1-8(2,6(12)13)10(3)7-9-4-5(16-7)11(14)15/h4H,1-3H3,(H,12,13). The Bertz CT molecular complexity index is 429. The second-order valence-corrected chi connectivity index (χ2v) is 4.65. The van der Waals surface area contributed by atoms with Crippen LogP contribution < -0.4 is 4.90 Å². The Morgan fingerprint density at radius 2 is 2.25 bits per heavy atom. The number of carbonyl (C=O) groups is 1. The van der Waals surface area contributed by atoms with Crippen LogP contribution in [-0.2, 0) is 4.79 Å². The van der Waals surface area contributed by atoms with Gasteiger partial charge in [0.05, 0.1) is 4.92 Å². The highest BCUT2D eigenvalue weighted by Crippen LogP contribution is 2.31. The van der Waals surface area contributed by atoms with Crippen molar-refractivity contribution >= 4 is 27.4 Å². The molecule has 0 bridgehead atoms. The third-order valence-electron chi connectivity index (χ3n) is 2.31. The van der Waals surface area contributed by atoms with Gasteiger partial charge in [0, 0.05) is 7.05 Å². The number of carboxylic acids is 1. The van der Waals surface area contributed by atoms with Crippen LogP contribution >= 0.6 is 11.3 Å². The fourth-order valence-electron chi connectivity index (χ4n) is 0.879. The Morgan fingerprint density at radius 1 is 1.69 bits per heavy atom. The Labute approximate surface area is 95.5 Å². The van der Waals surface area contributed by atoms with Gasteiger partial charge in [-0.3, -0.25) is 10.1 Å². The van der Waals surface area contributed by atoms with Crippen LogP contribution in [0.15, 0.2) is 6.20 Å². The Balaban J connectivity index is 3.01. The molecule has 1 aromatic heterocycles. The summed E-state index contributed by atoms with van der Waals surface area (Å²) in [5.41, 5.74) is -1.16. The highest BCUT2D eigenvalue weighted by Gasteiger charge is 2.34. The van der Waals surface area contributed by atoms with Crippen molar-refractivity contribution in [2.24, 2.45) is 0 Å². The molecule has 0 fully saturated rings. The van der Waals surface area contributed by atoms with E-state index in [4.69, 9.17) is 5.11 Å². The highest BCUT2D eigenvalue weighted by atomic mass is 32.1. The number of thiazole rings is 1. The largest absolute Gasteiger partial charge is 0.480 e. The van der Waals surface area contributed by atoms with Crippen LogP contribution in [-0.4, -0.2) is 33.6 Å². The SMILES string of the molecule is CN(c1ncc([N+](=O)[O-])s1)C(C)(C)C(=O)O. The third-order valence-corrected chi connectivity index (χ3v) is 3.34. The number of aliphatic carboxylic acids is 1. The second kappa shape index (κ2) is 4.05. The number of aromatic nitrogens is 1. The summed E-state index contributed by atoms with van der Waals surface area (Å²) in [6.45, 7) is 3.01. The lowest BCUT2D eigenvalue weighted by molar-refractivity contribution is -0.380. The van der Waals surface area contributed by atoms with Gasteiger partial charge in [-0.1, -0.05) is 0 Å². The minimum Gasteiger partial charge on any atom is -0.480 e. The number of nitro groups is 1. The van der Waals surface area contributed by atoms with E-state index in [1.165, 1.54) is 25.8 Å². The molecule has 0 saturated heterocycles. The molecule has 16 heavy (non-hydrogen) atoms. The normalized spacial score (nSPS) is 11.2. The van der Waals surface area contributed by atoms with Crippen molar-refractivity contribution in [3.63, 3.8) is 0 Å². The zero-order chi connectivity index (χ0) is 12.5. The molecule has 0 aliphatic heterocycles. The first-order valence-corrected chi connectivity index (χ1v) is 5.16. The Hall–Kier alpha value is -1.70. The predicted octanol–water partition coefficient (Wildman–Crippen LogP) is 1.35. The third kappa shape index (κ3) is 2.11. The van der Waals surface area contributed by atoms with Crippen LogP contribution in [0.25, 0.3) is 0 Å². The minimum absolute atomic E-state index is 0.108. The number of carboxylic acid groups (broad SMARTS) is 1. The highest BCUT2D eigenvalue weighted by molar-refractivity contribution is 7.18. The number of rotatable bonds is 4. The van der Waals surface area contributed by atoms with E-state index in [0.717, 1.165) is 17.5 Å². The average molecular weight is 245 g/mol. The van der Waals surface area contributed by atoms with Crippen LogP contribution in [0.2, 0.25) is 0 Å². The second-order valence-electron chi connectivity index (χ2n) is 3.66. The van der Waals surface area contributed by atoms with Crippen molar-refractivity contribution in [1.29, 1.82) is 0 Å². The lowest BCUT2D eigenvalue weighted by Crippen LogP contribution is -2.48. The molecule has 1 aromatic rings. The molecule has 0 aliphatic carbocycles. The summed E-state index contributed by atoms with van der Waals surface area (Å²) < 4.78 is 0. The average Bonchev–Trinajstić information content (AvgIpc) is 2.64. The summed E-state index contributed by atoms with van der Waals surface area (Å²) in [6.07, 6.45) is 1.12. The number of nitrogens with zero attached hydrogens (tertiary/aromatic N) is 3. The van der Waals surface area contributed by atoms with E-state index in [1.54, 1.807) is 0 Å². The zero-order valence-electron chi connectivity index (χ0n) is 9.00. The van der Waals surface area contributed by atoms with Crippen molar-refractivity contribution in [2.75, 3.05) is 11.9 Å². The molecule has 1 rings (SSSR count). The molecule has 1 heterocycles. The number of hydrogen-bond donors (Lipinski definition) is 1. The van der Waals surface area contributed by atoms with E-state index in [-0.39, 0.29) is 5.00 Å². The maximum Gasteiger partial charge on any atom is 0.345 e. The van der Waals surface area contributed by atoms with Crippen LogP contribution in [0.3, 0.4) is 0 Å². The first kappa shape index (κ1) is 12.4. The minimum atomic E-state index is -1.16. The molecule has 1 N–H and O–H groups in total. The van der Waals surface area contributed by atoms with Crippen molar-refractivity contribution in [3.05, 3.63) is 16.3 Å². The quantitative estimate of drug-likeness (QED) is 0.635. The van der Waals surface area contributed by atoms with Crippen molar-refractivity contribution in [3.8, 4) is 0 Å². The summed E-state index contributed by atoms with van der Waals surface area (Å²) >= 11 is 0.846. The van der Waals surface area contributed by atoms with Gasteiger partial charge in [-0.25, -0.2) is 9.78 Å². The van der Waals surface area contributed by atoms with Crippen LogP contribution in [0.1, 0.15) is 13.8 Å². The fourth-order valence-corrected chi connectivity index (χ4v) is 1.72. The van der Waals surface area contributed by atoms with Gasteiger partial charge < -0.3 is 10.0 Å². The summed E-state index contributed by atoms with van der Waals surface area (Å²) in [7, 11) is 1.54. The summed E-state index contributed by atoms with van der Waals surface area (Å²) in [4.78, 5) is 26.1. The van der Waals surface area contributed by atoms with E-state index in [0.29, 0.717) is 5.13 Å². The monoisotopic (exact) mass is 245 g/mol. The van der Waals surface area contributed by atoms with Gasteiger partial charge in [-0.2, -0.15) is 0 Å². The van der Waals surface area contributed by atoms with Gasteiger partial charge in [0.25, 0.3) is 0 Å². The van der Waals surface area contributed by atoms with Gasteiger partial charge in [-0.05, 0) is 25.2 Å². The molecule has 8 heteroatoms. The van der Waals surface area contributed by atoms with E-state index >= 15 is 0 Å². The Morgan fingerprint density at radius 3 is 2.62 bits per heavy atom. The van der Waals surface area contributed by atoms with Gasteiger partial charge in [0.2, 0.25) is 0 Å². The lowest BCUT2D eigenvalue weighted by atomic mass is 10.1. The maximum atomic E-state index is 11.0. The lowest BCUT2D eigenvalue weighted by Gasteiger charge is -2.30. The van der Waals surface area contributed by atoms with Crippen LogP contribution in [0.4, 0.5) is 10.1 Å². The van der Waals surface area contributed by atoms with Crippen LogP contribution in [0.5, 0.6) is 0 Å². The molecular weight excluding hydrogens is 234 g/mol. The van der Waals surface area contributed by atoms with Crippen LogP contribution in [0, 0.1) is 10.1 Å². The molecule has 7 nitrogen and oxygen atoms in total. The Kier molecular flexibility index (Phi) is 3.13. The molecule has 0 spiro atoms.